The quantitative estimate of drug-likeness (QED) is 0.407. The van der Waals surface area contributed by atoms with Crippen LogP contribution in [-0.2, 0) is 21.7 Å². The Morgan fingerprint density at radius 2 is 2.07 bits per heavy atom. The third kappa shape index (κ3) is 4.38. The normalized spacial score (nSPS) is 15.2. The number of thiazole rings is 1. The topological polar surface area (TPSA) is 69.9 Å². The summed E-state index contributed by atoms with van der Waals surface area (Å²) in [5.74, 6) is 1.23. The molecule has 1 aliphatic rings. The summed E-state index contributed by atoms with van der Waals surface area (Å²) < 4.78 is 8.52. The molecule has 0 bridgehead atoms. The van der Waals surface area contributed by atoms with Crippen molar-refractivity contribution in [3.8, 4) is 0 Å². The molecule has 8 heteroatoms. The first-order valence-corrected chi connectivity index (χ1v) is 11.6. The minimum atomic E-state index is -0.241. The number of nitrogens with zero attached hydrogens (tertiary/aromatic N) is 4. The van der Waals surface area contributed by atoms with E-state index in [0.717, 1.165) is 40.1 Å². The highest BCUT2D eigenvalue weighted by molar-refractivity contribution is 7.98. The number of aromatic nitrogens is 4. The molecule has 3 aromatic rings. The van der Waals surface area contributed by atoms with Gasteiger partial charge < -0.3 is 9.30 Å². The van der Waals surface area contributed by atoms with Crippen LogP contribution in [0.4, 0.5) is 0 Å². The van der Waals surface area contributed by atoms with Gasteiger partial charge in [-0.2, -0.15) is 0 Å². The van der Waals surface area contributed by atoms with Crippen LogP contribution in [0, 0.1) is 0 Å². The predicted octanol–water partition coefficient (Wildman–Crippen LogP) is 4.79. The molecule has 6 nitrogen and oxygen atoms in total. The molecule has 0 unspecified atom stereocenters. The number of fused-ring (bicyclic) bond motifs is 1. The molecule has 2 heterocycles. The van der Waals surface area contributed by atoms with Crippen molar-refractivity contribution in [1.82, 2.24) is 19.7 Å². The molecule has 0 amide bonds. The number of hydrogen-bond acceptors (Lipinski definition) is 7. The molecule has 0 spiro atoms. The van der Waals surface area contributed by atoms with E-state index in [9.17, 15) is 4.79 Å². The fourth-order valence-electron chi connectivity index (χ4n) is 3.68. The molecule has 28 heavy (non-hydrogen) atoms. The summed E-state index contributed by atoms with van der Waals surface area (Å²) in [6, 6.07) is 8.57. The van der Waals surface area contributed by atoms with Crippen molar-refractivity contribution in [1.29, 1.82) is 0 Å². The Kier molecular flexibility index (Phi) is 6.26. The standard InChI is InChI=1S/C20H24N4O2S2/c1-2-26-19(25)12-17-22-23-20(24(17)14-8-4-3-5-9-14)27-13-18-21-15-10-6-7-11-16(15)28-18/h6-7,10-11,14H,2-5,8-9,12-13H2,1H3. The first-order valence-electron chi connectivity index (χ1n) is 9.81. The van der Waals surface area contributed by atoms with Crippen molar-refractivity contribution >= 4 is 39.3 Å². The number of benzene rings is 1. The lowest BCUT2D eigenvalue weighted by molar-refractivity contribution is -0.142. The van der Waals surface area contributed by atoms with Gasteiger partial charge in [-0.05, 0) is 31.9 Å². The molecule has 1 fully saturated rings. The van der Waals surface area contributed by atoms with E-state index in [-0.39, 0.29) is 12.4 Å². The second-order valence-electron chi connectivity index (χ2n) is 6.91. The number of rotatable bonds is 7. The van der Waals surface area contributed by atoms with Gasteiger partial charge in [0, 0.05) is 6.04 Å². The van der Waals surface area contributed by atoms with Crippen molar-refractivity contribution in [3.05, 3.63) is 35.1 Å². The Labute approximate surface area is 172 Å². The van der Waals surface area contributed by atoms with Crippen molar-refractivity contribution in [2.24, 2.45) is 0 Å². The van der Waals surface area contributed by atoms with E-state index in [1.54, 1.807) is 23.1 Å². The smallest absolute Gasteiger partial charge is 0.313 e. The Balaban J connectivity index is 1.54. The highest BCUT2D eigenvalue weighted by atomic mass is 32.2. The zero-order chi connectivity index (χ0) is 19.3. The van der Waals surface area contributed by atoms with Gasteiger partial charge >= 0.3 is 5.97 Å². The molecular formula is C20H24N4O2S2. The Morgan fingerprint density at radius 3 is 2.86 bits per heavy atom. The molecule has 4 rings (SSSR count). The molecule has 1 aromatic carbocycles. The number of carbonyl (C=O) groups is 1. The minimum absolute atomic E-state index is 0.180. The zero-order valence-electron chi connectivity index (χ0n) is 16.0. The monoisotopic (exact) mass is 416 g/mol. The van der Waals surface area contributed by atoms with Gasteiger partial charge in [-0.3, -0.25) is 4.79 Å². The van der Waals surface area contributed by atoms with E-state index in [2.05, 4.69) is 20.8 Å². The largest absolute Gasteiger partial charge is 0.466 e. The summed E-state index contributed by atoms with van der Waals surface area (Å²) in [5.41, 5.74) is 1.04. The molecule has 1 aliphatic carbocycles. The second kappa shape index (κ2) is 9.05. The lowest BCUT2D eigenvalue weighted by atomic mass is 9.95. The number of carbonyl (C=O) groups excluding carboxylic acids is 1. The highest BCUT2D eigenvalue weighted by Gasteiger charge is 2.24. The molecule has 0 radical (unpaired) electrons. The molecule has 0 atom stereocenters. The molecule has 0 aliphatic heterocycles. The lowest BCUT2D eigenvalue weighted by Gasteiger charge is -2.25. The molecule has 2 aromatic heterocycles. The molecule has 1 saturated carbocycles. The van der Waals surface area contributed by atoms with Gasteiger partial charge in [0.05, 0.1) is 22.6 Å². The average Bonchev–Trinajstić information content (AvgIpc) is 3.30. The number of ether oxygens (including phenoxy) is 1. The van der Waals surface area contributed by atoms with Gasteiger partial charge in [0.25, 0.3) is 0 Å². The second-order valence-corrected chi connectivity index (χ2v) is 8.96. The summed E-state index contributed by atoms with van der Waals surface area (Å²) in [5, 5.41) is 10.7. The number of hydrogen-bond donors (Lipinski definition) is 0. The number of thioether (sulfide) groups is 1. The van der Waals surface area contributed by atoms with Crippen molar-refractivity contribution in [3.63, 3.8) is 0 Å². The zero-order valence-corrected chi connectivity index (χ0v) is 17.6. The molecular weight excluding hydrogens is 392 g/mol. The summed E-state index contributed by atoms with van der Waals surface area (Å²) in [6.45, 7) is 2.21. The fraction of sp³-hybridized carbons (Fsp3) is 0.500. The minimum Gasteiger partial charge on any atom is -0.466 e. The van der Waals surface area contributed by atoms with E-state index < -0.39 is 0 Å². The highest BCUT2D eigenvalue weighted by Crippen LogP contribution is 2.34. The summed E-state index contributed by atoms with van der Waals surface area (Å²) in [6.07, 6.45) is 6.11. The van der Waals surface area contributed by atoms with Crippen LogP contribution in [-0.4, -0.2) is 32.3 Å². The van der Waals surface area contributed by atoms with Gasteiger partial charge in [0.15, 0.2) is 5.16 Å². The fourth-order valence-corrected chi connectivity index (χ4v) is 5.67. The average molecular weight is 417 g/mol. The van der Waals surface area contributed by atoms with E-state index >= 15 is 0 Å². The first kappa shape index (κ1) is 19.4. The van der Waals surface area contributed by atoms with E-state index in [0.29, 0.717) is 12.6 Å². The van der Waals surface area contributed by atoms with Gasteiger partial charge in [-0.1, -0.05) is 43.2 Å². The van der Waals surface area contributed by atoms with Crippen LogP contribution in [0.25, 0.3) is 10.2 Å². The third-order valence-electron chi connectivity index (χ3n) is 4.95. The van der Waals surface area contributed by atoms with Gasteiger partial charge in [-0.25, -0.2) is 4.98 Å². The Bertz CT molecular complexity index is 914. The van der Waals surface area contributed by atoms with Crippen molar-refractivity contribution in [2.75, 3.05) is 6.61 Å². The Morgan fingerprint density at radius 1 is 1.25 bits per heavy atom. The van der Waals surface area contributed by atoms with Gasteiger partial charge in [0.1, 0.15) is 17.3 Å². The van der Waals surface area contributed by atoms with E-state index in [1.165, 1.54) is 24.0 Å². The van der Waals surface area contributed by atoms with Crippen molar-refractivity contribution < 1.29 is 9.53 Å². The summed E-state index contributed by atoms with van der Waals surface area (Å²) in [4.78, 5) is 16.7. The van der Waals surface area contributed by atoms with Gasteiger partial charge in [-0.15, -0.1) is 21.5 Å². The SMILES string of the molecule is CCOC(=O)Cc1nnc(SCc2nc3ccccc3s2)n1C1CCCCC1. The number of esters is 1. The van der Waals surface area contributed by atoms with Crippen LogP contribution in [0.2, 0.25) is 0 Å². The summed E-state index contributed by atoms with van der Waals surface area (Å²) in [7, 11) is 0. The van der Waals surface area contributed by atoms with Gasteiger partial charge in [0.2, 0.25) is 0 Å². The molecule has 148 valence electrons. The maximum absolute atomic E-state index is 12.0. The lowest BCUT2D eigenvalue weighted by Crippen LogP contribution is -2.19. The van der Waals surface area contributed by atoms with Crippen LogP contribution < -0.4 is 0 Å². The van der Waals surface area contributed by atoms with Crippen LogP contribution in [0.5, 0.6) is 0 Å². The first-order chi connectivity index (χ1) is 13.7. The third-order valence-corrected chi connectivity index (χ3v) is 7.12. The van der Waals surface area contributed by atoms with E-state index in [4.69, 9.17) is 9.72 Å². The summed E-state index contributed by atoms with van der Waals surface area (Å²) >= 11 is 3.37. The molecule has 0 N–H and O–H groups in total. The van der Waals surface area contributed by atoms with Crippen LogP contribution >= 0.6 is 23.1 Å². The molecule has 0 saturated heterocycles. The maximum Gasteiger partial charge on any atom is 0.313 e. The Hall–Kier alpha value is -1.93. The van der Waals surface area contributed by atoms with Crippen LogP contribution in [0.3, 0.4) is 0 Å². The van der Waals surface area contributed by atoms with Crippen molar-refractivity contribution in [2.45, 2.75) is 62.4 Å². The maximum atomic E-state index is 12.0. The predicted molar refractivity (Wildman–Crippen MR) is 112 cm³/mol. The van der Waals surface area contributed by atoms with Crippen LogP contribution in [0.1, 0.15) is 55.9 Å². The van der Waals surface area contributed by atoms with Crippen LogP contribution in [0.15, 0.2) is 29.4 Å². The van der Waals surface area contributed by atoms with E-state index in [1.807, 2.05) is 25.1 Å². The number of para-hydroxylation sites is 1.